The maximum absolute atomic E-state index is 6.04. The number of thiophene rings is 1. The number of hydrogen-bond donors (Lipinski definition) is 1. The first-order valence-electron chi connectivity index (χ1n) is 6.73. The largest absolute Gasteiger partial charge is 0.364 e. The van der Waals surface area contributed by atoms with Crippen LogP contribution in [0.3, 0.4) is 0 Å². The van der Waals surface area contributed by atoms with Gasteiger partial charge in [0, 0.05) is 10.4 Å². The molecule has 0 atom stereocenters. The van der Waals surface area contributed by atoms with Gasteiger partial charge >= 0.3 is 0 Å². The van der Waals surface area contributed by atoms with E-state index in [2.05, 4.69) is 42.1 Å². The van der Waals surface area contributed by atoms with Crippen LogP contribution in [0.1, 0.15) is 38.5 Å². The Morgan fingerprint density at radius 1 is 1.42 bits per heavy atom. The molecule has 0 radical (unpaired) electrons. The standard InChI is InChI=1S/C14H18ClN3S/c1-4-9-7-10-11(16-13(15)17-12(10)19-9)18-14(2,3)8-5-6-8/h7-8H,4-6H2,1-3H3,(H,16,17,18). The van der Waals surface area contributed by atoms with Gasteiger partial charge in [0.1, 0.15) is 10.6 Å². The van der Waals surface area contributed by atoms with Crippen molar-refractivity contribution in [1.82, 2.24) is 9.97 Å². The van der Waals surface area contributed by atoms with Crippen molar-refractivity contribution >= 4 is 39.0 Å². The number of rotatable bonds is 4. The van der Waals surface area contributed by atoms with Crippen molar-refractivity contribution in [2.24, 2.45) is 5.92 Å². The Hall–Kier alpha value is -0.870. The number of hydrogen-bond acceptors (Lipinski definition) is 4. The van der Waals surface area contributed by atoms with Crippen LogP contribution in [0, 0.1) is 5.92 Å². The van der Waals surface area contributed by atoms with Crippen LogP contribution >= 0.6 is 22.9 Å². The first kappa shape index (κ1) is 13.1. The maximum Gasteiger partial charge on any atom is 0.225 e. The summed E-state index contributed by atoms with van der Waals surface area (Å²) in [4.78, 5) is 11.0. The highest BCUT2D eigenvalue weighted by atomic mass is 35.5. The minimum atomic E-state index is 0.0684. The van der Waals surface area contributed by atoms with Gasteiger partial charge in [0.2, 0.25) is 5.28 Å². The van der Waals surface area contributed by atoms with Crippen molar-refractivity contribution < 1.29 is 0 Å². The average molecular weight is 296 g/mol. The van der Waals surface area contributed by atoms with E-state index in [1.807, 2.05) is 0 Å². The van der Waals surface area contributed by atoms with E-state index < -0.39 is 0 Å². The Morgan fingerprint density at radius 2 is 2.16 bits per heavy atom. The Morgan fingerprint density at radius 3 is 2.79 bits per heavy atom. The van der Waals surface area contributed by atoms with Gasteiger partial charge in [-0.1, -0.05) is 6.92 Å². The van der Waals surface area contributed by atoms with E-state index in [-0.39, 0.29) is 5.54 Å². The third-order valence-electron chi connectivity index (χ3n) is 3.80. The van der Waals surface area contributed by atoms with Gasteiger partial charge in [0.25, 0.3) is 0 Å². The zero-order chi connectivity index (χ0) is 13.6. The molecule has 1 aliphatic carbocycles. The molecule has 1 N–H and O–H groups in total. The van der Waals surface area contributed by atoms with Crippen LogP contribution < -0.4 is 5.32 Å². The zero-order valence-electron chi connectivity index (χ0n) is 11.5. The maximum atomic E-state index is 6.04. The minimum absolute atomic E-state index is 0.0684. The van der Waals surface area contributed by atoms with E-state index in [1.165, 1.54) is 17.7 Å². The van der Waals surface area contributed by atoms with E-state index in [0.717, 1.165) is 28.4 Å². The third kappa shape index (κ3) is 2.56. The molecular formula is C14H18ClN3S. The highest BCUT2D eigenvalue weighted by Crippen LogP contribution is 2.42. The molecule has 1 saturated carbocycles. The summed E-state index contributed by atoms with van der Waals surface area (Å²) in [6.07, 6.45) is 3.61. The van der Waals surface area contributed by atoms with Gasteiger partial charge in [0.05, 0.1) is 5.39 Å². The molecule has 0 unspecified atom stereocenters. The monoisotopic (exact) mass is 295 g/mol. The number of fused-ring (bicyclic) bond motifs is 1. The van der Waals surface area contributed by atoms with Crippen molar-refractivity contribution in [1.29, 1.82) is 0 Å². The second-order valence-electron chi connectivity index (χ2n) is 5.75. The summed E-state index contributed by atoms with van der Waals surface area (Å²) in [6, 6.07) is 2.18. The van der Waals surface area contributed by atoms with Gasteiger partial charge in [-0.25, -0.2) is 9.97 Å². The highest BCUT2D eigenvalue weighted by molar-refractivity contribution is 7.18. The molecule has 0 bridgehead atoms. The topological polar surface area (TPSA) is 37.8 Å². The number of aryl methyl sites for hydroxylation is 1. The van der Waals surface area contributed by atoms with Crippen molar-refractivity contribution in [3.63, 3.8) is 0 Å². The van der Waals surface area contributed by atoms with Crippen molar-refractivity contribution in [3.8, 4) is 0 Å². The quantitative estimate of drug-likeness (QED) is 0.844. The van der Waals surface area contributed by atoms with Crippen LogP contribution in [0.4, 0.5) is 5.82 Å². The summed E-state index contributed by atoms with van der Waals surface area (Å²) >= 11 is 7.74. The molecule has 2 aromatic heterocycles. The third-order valence-corrected chi connectivity index (χ3v) is 5.15. The molecule has 0 amide bonds. The number of nitrogens with one attached hydrogen (secondary N) is 1. The lowest BCUT2D eigenvalue weighted by molar-refractivity contribution is 0.493. The molecule has 19 heavy (non-hydrogen) atoms. The fraction of sp³-hybridized carbons (Fsp3) is 0.571. The fourth-order valence-electron chi connectivity index (χ4n) is 2.43. The van der Waals surface area contributed by atoms with Crippen molar-refractivity contribution in [3.05, 3.63) is 16.2 Å². The molecule has 0 saturated heterocycles. The first-order chi connectivity index (χ1) is 8.99. The Bertz CT molecular complexity index is 616. The number of halogens is 1. The fourth-order valence-corrected chi connectivity index (χ4v) is 3.61. The molecule has 2 aromatic rings. The lowest BCUT2D eigenvalue weighted by Gasteiger charge is -2.27. The van der Waals surface area contributed by atoms with Gasteiger partial charge < -0.3 is 5.32 Å². The highest BCUT2D eigenvalue weighted by Gasteiger charge is 2.38. The van der Waals surface area contributed by atoms with Crippen LogP contribution in [0.15, 0.2) is 6.07 Å². The van der Waals surface area contributed by atoms with E-state index in [4.69, 9.17) is 11.6 Å². The summed E-state index contributed by atoms with van der Waals surface area (Å²) < 4.78 is 0. The molecule has 1 aliphatic rings. The number of nitrogens with zero attached hydrogens (tertiary/aromatic N) is 2. The summed E-state index contributed by atoms with van der Waals surface area (Å²) in [6.45, 7) is 6.63. The average Bonchev–Trinajstić information content (AvgIpc) is 3.10. The second-order valence-corrected chi connectivity index (χ2v) is 7.20. The molecule has 3 rings (SSSR count). The summed E-state index contributed by atoms with van der Waals surface area (Å²) in [7, 11) is 0. The molecular weight excluding hydrogens is 278 g/mol. The van der Waals surface area contributed by atoms with Gasteiger partial charge in [-0.05, 0) is 56.7 Å². The zero-order valence-corrected chi connectivity index (χ0v) is 13.0. The molecule has 2 heterocycles. The lowest BCUT2D eigenvalue weighted by Crippen LogP contribution is -2.33. The summed E-state index contributed by atoms with van der Waals surface area (Å²) in [5, 5.41) is 4.99. The molecule has 5 heteroatoms. The smallest absolute Gasteiger partial charge is 0.225 e. The molecule has 1 fully saturated rings. The van der Waals surface area contributed by atoms with E-state index in [9.17, 15) is 0 Å². The Kier molecular flexibility index (Phi) is 3.18. The lowest BCUT2D eigenvalue weighted by atomic mass is 9.99. The molecule has 0 aromatic carbocycles. The van der Waals surface area contributed by atoms with Crippen LogP contribution in [0.2, 0.25) is 5.28 Å². The van der Waals surface area contributed by atoms with Crippen molar-refractivity contribution in [2.45, 2.75) is 45.6 Å². The Labute approximate surface area is 122 Å². The summed E-state index contributed by atoms with van der Waals surface area (Å²) in [5.41, 5.74) is 0.0684. The predicted octanol–water partition coefficient (Wildman–Crippen LogP) is 4.51. The van der Waals surface area contributed by atoms with Gasteiger partial charge in [-0.15, -0.1) is 11.3 Å². The van der Waals surface area contributed by atoms with Crippen LogP contribution in [0.25, 0.3) is 10.2 Å². The van der Waals surface area contributed by atoms with Crippen molar-refractivity contribution in [2.75, 3.05) is 5.32 Å². The van der Waals surface area contributed by atoms with E-state index >= 15 is 0 Å². The summed E-state index contributed by atoms with van der Waals surface area (Å²) in [5.74, 6) is 1.61. The van der Waals surface area contributed by atoms with E-state index in [1.54, 1.807) is 11.3 Å². The number of anilines is 1. The van der Waals surface area contributed by atoms with Crippen LogP contribution in [-0.4, -0.2) is 15.5 Å². The van der Waals surface area contributed by atoms with Gasteiger partial charge in [-0.2, -0.15) is 0 Å². The Balaban J connectivity index is 2.03. The van der Waals surface area contributed by atoms with Gasteiger partial charge in [0.15, 0.2) is 0 Å². The molecule has 102 valence electrons. The van der Waals surface area contributed by atoms with Crippen LogP contribution in [0.5, 0.6) is 0 Å². The van der Waals surface area contributed by atoms with Gasteiger partial charge in [-0.3, -0.25) is 0 Å². The second kappa shape index (κ2) is 4.60. The molecule has 3 nitrogen and oxygen atoms in total. The number of aromatic nitrogens is 2. The normalized spacial score (nSPS) is 16.0. The molecule has 0 spiro atoms. The SMILES string of the molecule is CCc1cc2c(NC(C)(C)C3CC3)nc(Cl)nc2s1. The predicted molar refractivity (Wildman–Crippen MR) is 82.2 cm³/mol. The van der Waals surface area contributed by atoms with E-state index in [0.29, 0.717) is 5.28 Å². The minimum Gasteiger partial charge on any atom is -0.364 e. The molecule has 0 aliphatic heterocycles. The first-order valence-corrected chi connectivity index (χ1v) is 7.93. The van der Waals surface area contributed by atoms with Crippen LogP contribution in [-0.2, 0) is 6.42 Å².